The number of amides is 1. The van der Waals surface area contributed by atoms with Gasteiger partial charge in [-0.05, 0) is 92.3 Å². The summed E-state index contributed by atoms with van der Waals surface area (Å²) < 4.78 is 7.12. The number of carbonyl (C=O) groups is 1. The lowest BCUT2D eigenvalue weighted by Gasteiger charge is -2.28. The standard InChI is InChI=1S/C29H27Cl2N5O2S/c1-17-14-22(18(2)35(17)20-9-7-19(30)8-10-20)28-27(25-6-4-5-13-32-25)34-29(39)36(28)21-11-12-24(23(31)15-21)33-26(37)16-38-3/h4-15,27-28H,16H2,1-3H3,(H,33,37)(H,34,39)/t27-,28+/m1/s1. The van der Waals surface area contributed by atoms with Gasteiger partial charge in [-0.1, -0.05) is 29.3 Å². The van der Waals surface area contributed by atoms with E-state index in [1.54, 1.807) is 12.3 Å². The van der Waals surface area contributed by atoms with Crippen LogP contribution in [0.15, 0.2) is 72.9 Å². The van der Waals surface area contributed by atoms with Gasteiger partial charge in [0.2, 0.25) is 5.91 Å². The van der Waals surface area contributed by atoms with Crippen LogP contribution in [-0.4, -0.2) is 34.3 Å². The second-order valence-electron chi connectivity index (χ2n) is 9.28. The summed E-state index contributed by atoms with van der Waals surface area (Å²) in [5.41, 5.74) is 6.44. The highest BCUT2D eigenvalue weighted by Gasteiger charge is 2.42. The lowest BCUT2D eigenvalue weighted by molar-refractivity contribution is -0.119. The predicted molar refractivity (Wildman–Crippen MR) is 160 cm³/mol. The average molecular weight is 581 g/mol. The molecule has 200 valence electrons. The van der Waals surface area contributed by atoms with E-state index in [4.69, 9.17) is 40.2 Å². The number of pyridine rings is 1. The molecule has 10 heteroatoms. The molecule has 0 saturated carbocycles. The minimum Gasteiger partial charge on any atom is -0.375 e. The zero-order valence-corrected chi connectivity index (χ0v) is 23.9. The molecule has 5 rings (SSSR count). The van der Waals surface area contributed by atoms with Crippen LogP contribution in [-0.2, 0) is 9.53 Å². The first-order valence-electron chi connectivity index (χ1n) is 12.3. The Hall–Kier alpha value is -3.43. The van der Waals surface area contributed by atoms with E-state index in [1.807, 2.05) is 54.6 Å². The SMILES string of the molecule is COCC(=O)Nc1ccc(N2C(=S)N[C@H](c3ccccn3)[C@@H]2c2cc(C)n(-c3ccc(Cl)cc3)c2C)cc1Cl. The summed E-state index contributed by atoms with van der Waals surface area (Å²) in [5, 5.41) is 7.90. The van der Waals surface area contributed by atoms with E-state index in [2.05, 4.69) is 45.0 Å². The van der Waals surface area contributed by atoms with Crippen molar-refractivity contribution in [1.29, 1.82) is 0 Å². The molecule has 0 spiro atoms. The van der Waals surface area contributed by atoms with E-state index in [9.17, 15) is 4.79 Å². The van der Waals surface area contributed by atoms with Crippen LogP contribution in [0, 0.1) is 13.8 Å². The Kier molecular flexibility index (Phi) is 7.91. The number of rotatable bonds is 7. The fraction of sp³-hybridized carbons (Fsp3) is 0.207. The molecular weight excluding hydrogens is 553 g/mol. The Labute approximate surface area is 242 Å². The van der Waals surface area contributed by atoms with Crippen molar-refractivity contribution >= 4 is 57.8 Å². The topological polar surface area (TPSA) is 71.4 Å². The van der Waals surface area contributed by atoms with Gasteiger partial charge in [0.15, 0.2) is 5.11 Å². The van der Waals surface area contributed by atoms with Crippen molar-refractivity contribution < 1.29 is 9.53 Å². The van der Waals surface area contributed by atoms with Crippen LogP contribution in [0.4, 0.5) is 11.4 Å². The van der Waals surface area contributed by atoms with Gasteiger partial charge in [-0.3, -0.25) is 9.78 Å². The van der Waals surface area contributed by atoms with E-state index < -0.39 is 0 Å². The maximum absolute atomic E-state index is 12.0. The average Bonchev–Trinajstić information content (AvgIpc) is 3.41. The fourth-order valence-electron chi connectivity index (χ4n) is 5.10. The monoisotopic (exact) mass is 579 g/mol. The summed E-state index contributed by atoms with van der Waals surface area (Å²) in [6.07, 6.45) is 1.78. The van der Waals surface area contributed by atoms with E-state index in [-0.39, 0.29) is 24.6 Å². The number of anilines is 2. The van der Waals surface area contributed by atoms with Crippen LogP contribution in [0.3, 0.4) is 0 Å². The number of hydrogen-bond donors (Lipinski definition) is 2. The van der Waals surface area contributed by atoms with Crippen molar-refractivity contribution in [3.8, 4) is 5.69 Å². The fourth-order valence-corrected chi connectivity index (χ4v) is 5.79. The first-order valence-corrected chi connectivity index (χ1v) is 13.5. The molecule has 7 nitrogen and oxygen atoms in total. The number of ether oxygens (including phenoxy) is 1. The summed E-state index contributed by atoms with van der Waals surface area (Å²) in [5.74, 6) is -0.284. The molecule has 0 aliphatic carbocycles. The highest BCUT2D eigenvalue weighted by atomic mass is 35.5. The molecule has 2 aromatic heterocycles. The predicted octanol–water partition coefficient (Wildman–Crippen LogP) is 6.56. The molecule has 2 N–H and O–H groups in total. The summed E-state index contributed by atoms with van der Waals surface area (Å²) in [6.45, 7) is 4.13. The van der Waals surface area contributed by atoms with Gasteiger partial charge in [0.1, 0.15) is 6.61 Å². The Bertz CT molecular complexity index is 1520. The Balaban J connectivity index is 1.60. The van der Waals surface area contributed by atoms with Crippen molar-refractivity contribution in [2.45, 2.75) is 25.9 Å². The lowest BCUT2D eigenvalue weighted by Crippen LogP contribution is -2.29. The Morgan fingerprint density at radius 3 is 2.49 bits per heavy atom. The van der Waals surface area contributed by atoms with Crippen LogP contribution >= 0.6 is 35.4 Å². The number of aromatic nitrogens is 2. The molecule has 1 saturated heterocycles. The van der Waals surface area contributed by atoms with Gasteiger partial charge in [0.25, 0.3) is 0 Å². The zero-order chi connectivity index (χ0) is 27.7. The number of thiocarbonyl (C=S) groups is 1. The molecule has 1 aliphatic heterocycles. The smallest absolute Gasteiger partial charge is 0.250 e. The molecule has 2 aromatic carbocycles. The van der Waals surface area contributed by atoms with E-state index in [0.29, 0.717) is 20.8 Å². The molecule has 0 bridgehead atoms. The van der Waals surface area contributed by atoms with E-state index in [1.165, 1.54) is 7.11 Å². The van der Waals surface area contributed by atoms with Gasteiger partial charge in [-0.15, -0.1) is 0 Å². The molecule has 0 unspecified atom stereocenters. The minimum atomic E-state index is -0.284. The molecule has 4 aromatic rings. The van der Waals surface area contributed by atoms with Crippen LogP contribution in [0.5, 0.6) is 0 Å². The van der Waals surface area contributed by atoms with Crippen molar-refractivity contribution in [2.75, 3.05) is 23.9 Å². The molecule has 3 heterocycles. The number of aryl methyl sites for hydroxylation is 1. The van der Waals surface area contributed by atoms with Gasteiger partial charge in [-0.2, -0.15) is 0 Å². The highest BCUT2D eigenvalue weighted by Crippen LogP contribution is 2.44. The highest BCUT2D eigenvalue weighted by molar-refractivity contribution is 7.80. The third kappa shape index (κ3) is 5.38. The second-order valence-corrected chi connectivity index (χ2v) is 10.5. The Morgan fingerprint density at radius 1 is 1.08 bits per heavy atom. The molecule has 0 radical (unpaired) electrons. The molecular formula is C29H27Cl2N5O2S. The normalized spacial score (nSPS) is 16.8. The van der Waals surface area contributed by atoms with Crippen molar-refractivity contribution in [1.82, 2.24) is 14.9 Å². The maximum atomic E-state index is 12.0. The van der Waals surface area contributed by atoms with Crippen LogP contribution in [0.2, 0.25) is 10.0 Å². The van der Waals surface area contributed by atoms with Gasteiger partial charge in [0, 0.05) is 41.1 Å². The van der Waals surface area contributed by atoms with Crippen molar-refractivity contribution in [3.63, 3.8) is 0 Å². The number of benzene rings is 2. The quantitative estimate of drug-likeness (QED) is 0.242. The lowest BCUT2D eigenvalue weighted by atomic mass is 9.96. The number of hydrogen-bond acceptors (Lipinski definition) is 4. The molecule has 39 heavy (non-hydrogen) atoms. The number of halogens is 2. The van der Waals surface area contributed by atoms with E-state index >= 15 is 0 Å². The van der Waals surface area contributed by atoms with Crippen molar-refractivity contribution in [2.24, 2.45) is 0 Å². The van der Waals surface area contributed by atoms with Gasteiger partial charge < -0.3 is 24.8 Å². The molecule has 1 aliphatic rings. The summed E-state index contributed by atoms with van der Waals surface area (Å²) in [4.78, 5) is 18.8. The molecule has 1 amide bonds. The number of nitrogens with zero attached hydrogens (tertiary/aromatic N) is 3. The molecule has 1 fully saturated rings. The zero-order valence-electron chi connectivity index (χ0n) is 21.6. The second kappa shape index (κ2) is 11.4. The van der Waals surface area contributed by atoms with Crippen LogP contribution in [0.25, 0.3) is 5.69 Å². The Morgan fingerprint density at radius 2 is 1.82 bits per heavy atom. The summed E-state index contributed by atoms with van der Waals surface area (Å²) >= 11 is 18.7. The first-order chi connectivity index (χ1) is 18.8. The van der Waals surface area contributed by atoms with E-state index in [0.717, 1.165) is 34.0 Å². The third-order valence-electron chi connectivity index (χ3n) is 6.75. The number of methoxy groups -OCH3 is 1. The third-order valence-corrected chi connectivity index (χ3v) is 7.63. The number of carbonyl (C=O) groups excluding carboxylic acids is 1. The van der Waals surface area contributed by atoms with Crippen molar-refractivity contribution in [3.05, 3.63) is 106 Å². The van der Waals surface area contributed by atoms with Gasteiger partial charge >= 0.3 is 0 Å². The first kappa shape index (κ1) is 27.1. The van der Waals surface area contributed by atoms with Gasteiger partial charge in [-0.25, -0.2) is 0 Å². The molecule has 2 atom stereocenters. The largest absolute Gasteiger partial charge is 0.375 e. The number of nitrogens with one attached hydrogen (secondary N) is 2. The van der Waals surface area contributed by atoms with Gasteiger partial charge in [0.05, 0.1) is 28.5 Å². The maximum Gasteiger partial charge on any atom is 0.250 e. The summed E-state index contributed by atoms with van der Waals surface area (Å²) in [7, 11) is 1.47. The summed E-state index contributed by atoms with van der Waals surface area (Å²) in [6, 6.07) is 20.9. The van der Waals surface area contributed by atoms with Crippen LogP contribution < -0.4 is 15.5 Å². The van der Waals surface area contributed by atoms with Crippen LogP contribution in [0.1, 0.15) is 34.7 Å². The minimum absolute atomic E-state index is 0.0602.